The van der Waals surface area contributed by atoms with E-state index in [1.165, 1.54) is 25.7 Å². The lowest BCUT2D eigenvalue weighted by molar-refractivity contribution is 0.394. The summed E-state index contributed by atoms with van der Waals surface area (Å²) in [6.45, 7) is 3.31. The maximum Gasteiger partial charge on any atom is 0.151 e. The van der Waals surface area contributed by atoms with Crippen LogP contribution < -0.4 is 5.32 Å². The van der Waals surface area contributed by atoms with Gasteiger partial charge in [0.1, 0.15) is 0 Å². The Morgan fingerprint density at radius 1 is 1.28 bits per heavy atom. The molecular formula is C13H25NO2S2. The van der Waals surface area contributed by atoms with Crippen LogP contribution in [0.25, 0.3) is 0 Å². The van der Waals surface area contributed by atoms with Gasteiger partial charge in [-0.3, -0.25) is 0 Å². The fourth-order valence-electron chi connectivity index (χ4n) is 2.97. The predicted molar refractivity (Wildman–Crippen MR) is 78.9 cm³/mol. The average Bonchev–Trinajstić information content (AvgIpc) is 2.65. The van der Waals surface area contributed by atoms with Crippen molar-refractivity contribution in [3.63, 3.8) is 0 Å². The first-order chi connectivity index (χ1) is 8.55. The second-order valence-corrected chi connectivity index (χ2v) is 9.46. The minimum atomic E-state index is -2.73. The van der Waals surface area contributed by atoms with Gasteiger partial charge in [0.05, 0.1) is 11.5 Å². The number of hydrogen-bond donors (Lipinski definition) is 1. The van der Waals surface area contributed by atoms with Crippen molar-refractivity contribution in [1.29, 1.82) is 0 Å². The summed E-state index contributed by atoms with van der Waals surface area (Å²) in [4.78, 5) is 0. The van der Waals surface area contributed by atoms with Crippen LogP contribution >= 0.6 is 11.8 Å². The Balaban J connectivity index is 1.56. The maximum absolute atomic E-state index is 11.3. The summed E-state index contributed by atoms with van der Waals surface area (Å²) in [5.74, 6) is 2.73. The summed E-state index contributed by atoms with van der Waals surface area (Å²) in [5.41, 5.74) is 0. The summed E-state index contributed by atoms with van der Waals surface area (Å²) in [5, 5.41) is 4.22. The Labute approximate surface area is 115 Å². The molecular weight excluding hydrogens is 266 g/mol. The molecule has 0 amide bonds. The van der Waals surface area contributed by atoms with Crippen LogP contribution in [0.4, 0.5) is 0 Å². The van der Waals surface area contributed by atoms with Crippen molar-refractivity contribution in [3.05, 3.63) is 0 Å². The highest BCUT2D eigenvalue weighted by Crippen LogP contribution is 2.31. The third-order valence-corrected chi connectivity index (χ3v) is 7.12. The van der Waals surface area contributed by atoms with E-state index in [0.717, 1.165) is 29.9 Å². The molecule has 1 aliphatic heterocycles. The van der Waals surface area contributed by atoms with E-state index in [4.69, 9.17) is 0 Å². The topological polar surface area (TPSA) is 46.2 Å². The van der Waals surface area contributed by atoms with Gasteiger partial charge in [-0.15, -0.1) is 0 Å². The highest BCUT2D eigenvalue weighted by molar-refractivity contribution is 7.99. The first-order valence-electron chi connectivity index (χ1n) is 7.10. The van der Waals surface area contributed by atoms with E-state index in [-0.39, 0.29) is 6.04 Å². The van der Waals surface area contributed by atoms with Crippen LogP contribution in [0.5, 0.6) is 0 Å². The van der Waals surface area contributed by atoms with Gasteiger partial charge < -0.3 is 5.32 Å². The zero-order chi connectivity index (χ0) is 13.0. The van der Waals surface area contributed by atoms with E-state index in [1.54, 1.807) is 0 Å². The third-order valence-electron chi connectivity index (χ3n) is 4.01. The first-order valence-corrected chi connectivity index (χ1v) is 9.97. The Kier molecular flexibility index (Phi) is 5.39. The van der Waals surface area contributed by atoms with Crippen LogP contribution in [0, 0.1) is 5.92 Å². The molecule has 2 aliphatic rings. The van der Waals surface area contributed by atoms with Gasteiger partial charge >= 0.3 is 0 Å². The molecule has 0 spiro atoms. The molecule has 3 unspecified atom stereocenters. The van der Waals surface area contributed by atoms with Gasteiger partial charge in [-0.1, -0.05) is 19.8 Å². The Hall–Kier alpha value is 0.260. The summed E-state index contributed by atoms with van der Waals surface area (Å²) in [6, 6.07) is 0.209. The normalized spacial score (nSPS) is 35.7. The lowest BCUT2D eigenvalue weighted by Crippen LogP contribution is -2.32. The Morgan fingerprint density at radius 2 is 2.11 bits per heavy atom. The van der Waals surface area contributed by atoms with E-state index in [2.05, 4.69) is 24.0 Å². The van der Waals surface area contributed by atoms with Crippen molar-refractivity contribution in [2.45, 2.75) is 50.3 Å². The fraction of sp³-hybridized carbons (Fsp3) is 1.00. The van der Waals surface area contributed by atoms with Gasteiger partial charge in [-0.25, -0.2) is 8.42 Å². The molecule has 0 radical (unpaired) electrons. The standard InChI is InChI=1S/C13H25NO2S2/c1-11-3-2-4-13(9-11)17-7-6-14-12-5-8-18(15,16)10-12/h11-14H,2-10H2,1H3. The molecule has 5 heteroatoms. The molecule has 2 rings (SSSR count). The highest BCUT2D eigenvalue weighted by atomic mass is 32.2. The zero-order valence-corrected chi connectivity index (χ0v) is 12.9. The van der Waals surface area contributed by atoms with E-state index < -0.39 is 9.84 Å². The van der Waals surface area contributed by atoms with Crippen LogP contribution in [0.3, 0.4) is 0 Å². The lowest BCUT2D eigenvalue weighted by atomic mass is 9.91. The minimum absolute atomic E-state index is 0.209. The Morgan fingerprint density at radius 3 is 2.78 bits per heavy atom. The summed E-state index contributed by atoms with van der Waals surface area (Å²) in [7, 11) is -2.73. The van der Waals surface area contributed by atoms with Crippen LogP contribution in [0.15, 0.2) is 0 Å². The van der Waals surface area contributed by atoms with Gasteiger partial charge in [0.25, 0.3) is 0 Å². The minimum Gasteiger partial charge on any atom is -0.312 e. The van der Waals surface area contributed by atoms with E-state index in [9.17, 15) is 8.42 Å². The molecule has 0 aromatic carbocycles. The van der Waals surface area contributed by atoms with Crippen molar-refractivity contribution in [3.8, 4) is 0 Å². The van der Waals surface area contributed by atoms with Crippen molar-refractivity contribution in [2.24, 2.45) is 5.92 Å². The van der Waals surface area contributed by atoms with Gasteiger partial charge in [0.15, 0.2) is 9.84 Å². The van der Waals surface area contributed by atoms with Crippen LogP contribution in [0.1, 0.15) is 39.0 Å². The smallest absolute Gasteiger partial charge is 0.151 e. The molecule has 18 heavy (non-hydrogen) atoms. The molecule has 0 bridgehead atoms. The number of sulfone groups is 1. The SMILES string of the molecule is CC1CCCC(SCCNC2CCS(=O)(=O)C2)C1. The molecule has 1 heterocycles. The number of rotatable bonds is 5. The molecule has 0 aromatic heterocycles. The first kappa shape index (κ1) is 14.7. The molecule has 2 fully saturated rings. The fourth-order valence-corrected chi connectivity index (χ4v) is 6.05. The quantitative estimate of drug-likeness (QED) is 0.788. The Bertz CT molecular complexity index is 356. The summed E-state index contributed by atoms with van der Waals surface area (Å²) in [6.07, 6.45) is 6.31. The van der Waals surface area contributed by atoms with E-state index >= 15 is 0 Å². The van der Waals surface area contributed by atoms with Crippen LogP contribution in [0.2, 0.25) is 0 Å². The van der Waals surface area contributed by atoms with Gasteiger partial charge in [-0.05, 0) is 25.2 Å². The summed E-state index contributed by atoms with van der Waals surface area (Å²) < 4.78 is 22.6. The number of nitrogens with one attached hydrogen (secondary N) is 1. The highest BCUT2D eigenvalue weighted by Gasteiger charge is 2.27. The maximum atomic E-state index is 11.3. The lowest BCUT2D eigenvalue weighted by Gasteiger charge is -2.26. The van der Waals surface area contributed by atoms with E-state index in [1.807, 2.05) is 0 Å². The van der Waals surface area contributed by atoms with E-state index in [0.29, 0.717) is 11.5 Å². The largest absolute Gasteiger partial charge is 0.312 e. The molecule has 1 N–H and O–H groups in total. The van der Waals surface area contributed by atoms with Crippen LogP contribution in [-0.2, 0) is 9.84 Å². The molecule has 0 aromatic rings. The number of hydrogen-bond acceptors (Lipinski definition) is 4. The molecule has 1 saturated heterocycles. The van der Waals surface area contributed by atoms with Crippen molar-refractivity contribution < 1.29 is 8.42 Å². The average molecular weight is 291 g/mol. The van der Waals surface area contributed by atoms with Gasteiger partial charge in [-0.2, -0.15) is 11.8 Å². The second-order valence-electron chi connectivity index (χ2n) is 5.82. The molecule has 1 aliphatic carbocycles. The number of thioether (sulfide) groups is 1. The molecule has 1 saturated carbocycles. The van der Waals surface area contributed by atoms with Crippen molar-refractivity contribution in [1.82, 2.24) is 5.32 Å². The molecule has 3 nitrogen and oxygen atoms in total. The zero-order valence-electron chi connectivity index (χ0n) is 11.2. The van der Waals surface area contributed by atoms with Crippen molar-refractivity contribution in [2.75, 3.05) is 23.8 Å². The monoisotopic (exact) mass is 291 g/mol. The van der Waals surface area contributed by atoms with Gasteiger partial charge in [0.2, 0.25) is 0 Å². The third kappa shape index (κ3) is 4.74. The molecule has 3 atom stereocenters. The van der Waals surface area contributed by atoms with Gasteiger partial charge in [0, 0.05) is 23.6 Å². The van der Waals surface area contributed by atoms with Crippen molar-refractivity contribution >= 4 is 21.6 Å². The second kappa shape index (κ2) is 6.62. The molecule has 106 valence electrons. The predicted octanol–water partition coefficient (Wildman–Crippen LogP) is 2.07. The summed E-state index contributed by atoms with van der Waals surface area (Å²) >= 11 is 2.07. The van der Waals surface area contributed by atoms with Crippen LogP contribution in [-0.4, -0.2) is 43.5 Å².